The van der Waals surface area contributed by atoms with Gasteiger partial charge in [-0.15, -0.1) is 0 Å². The number of hydrogen-bond acceptors (Lipinski definition) is 2. The van der Waals surface area contributed by atoms with Gasteiger partial charge in [0.1, 0.15) is 5.82 Å². The minimum atomic E-state index is -0.699. The Morgan fingerprint density at radius 3 is 2.29 bits per heavy atom. The molecular weight excluding hydrogens is 284 g/mol. The Hall–Kier alpha value is -0.320. The number of rotatable bonds is 2. The van der Waals surface area contributed by atoms with E-state index in [4.69, 9.17) is 23.2 Å². The van der Waals surface area contributed by atoms with E-state index in [1.54, 1.807) is 0 Å². The molecule has 0 saturated carbocycles. The summed E-state index contributed by atoms with van der Waals surface area (Å²) in [7, 11) is -0.699. The van der Waals surface area contributed by atoms with Gasteiger partial charge in [0.15, 0.2) is 0 Å². The molecule has 1 saturated heterocycles. The topological polar surface area (TPSA) is 29.1 Å². The van der Waals surface area contributed by atoms with E-state index in [-0.39, 0.29) is 16.1 Å². The lowest BCUT2D eigenvalue weighted by molar-refractivity contribution is 0.621. The molecule has 1 aromatic carbocycles. The quantitative estimate of drug-likeness (QED) is 0.905. The van der Waals surface area contributed by atoms with Gasteiger partial charge in [0.25, 0.3) is 0 Å². The van der Waals surface area contributed by atoms with Crippen molar-refractivity contribution in [1.29, 1.82) is 0 Å². The zero-order chi connectivity index (χ0) is 12.4. The Labute approximate surface area is 112 Å². The van der Waals surface area contributed by atoms with Gasteiger partial charge in [-0.25, -0.2) is 4.39 Å². The first-order valence-corrected chi connectivity index (χ1v) is 7.56. The summed E-state index contributed by atoms with van der Waals surface area (Å²) in [6, 6.07) is 2.67. The smallest absolute Gasteiger partial charge is 0.126 e. The van der Waals surface area contributed by atoms with Crippen LogP contribution in [0.1, 0.15) is 12.8 Å². The minimum absolute atomic E-state index is 0.202. The average molecular weight is 296 g/mol. The van der Waals surface area contributed by atoms with Gasteiger partial charge in [0.05, 0.1) is 15.7 Å². The number of hydrogen-bond donors (Lipinski definition) is 1. The van der Waals surface area contributed by atoms with Crippen LogP contribution in [0.25, 0.3) is 0 Å². The number of nitrogens with one attached hydrogen (secondary N) is 1. The molecule has 0 unspecified atom stereocenters. The van der Waals surface area contributed by atoms with Crippen molar-refractivity contribution in [2.45, 2.75) is 18.9 Å². The predicted octanol–water partition coefficient (Wildman–Crippen LogP) is 3.46. The monoisotopic (exact) mass is 295 g/mol. The van der Waals surface area contributed by atoms with Crippen molar-refractivity contribution in [3.8, 4) is 0 Å². The first kappa shape index (κ1) is 13.1. The largest absolute Gasteiger partial charge is 0.380 e. The maximum absolute atomic E-state index is 13.0. The van der Waals surface area contributed by atoms with E-state index in [1.165, 1.54) is 12.1 Å². The molecular formula is C11H12Cl2FNOS. The Kier molecular flexibility index (Phi) is 4.28. The third kappa shape index (κ3) is 3.33. The van der Waals surface area contributed by atoms with Crippen molar-refractivity contribution in [3.05, 3.63) is 28.0 Å². The standard InChI is InChI=1S/C11H12Cl2FNOS/c12-9-5-7(14)6-10(13)11(9)15-8-1-3-17(16)4-2-8/h5-6,8,15H,1-4H2. The molecule has 0 amide bonds. The molecule has 0 radical (unpaired) electrons. The Morgan fingerprint density at radius 1 is 1.24 bits per heavy atom. The van der Waals surface area contributed by atoms with E-state index in [0.717, 1.165) is 12.8 Å². The molecule has 1 fully saturated rings. The van der Waals surface area contributed by atoms with Crippen LogP contribution in [-0.2, 0) is 10.8 Å². The van der Waals surface area contributed by atoms with Crippen LogP contribution in [0.15, 0.2) is 12.1 Å². The summed E-state index contributed by atoms with van der Waals surface area (Å²) in [5, 5.41) is 3.76. The van der Waals surface area contributed by atoms with Gasteiger partial charge in [-0.2, -0.15) is 0 Å². The Morgan fingerprint density at radius 2 is 1.76 bits per heavy atom. The average Bonchev–Trinajstić information content (AvgIpc) is 2.26. The Bertz CT molecular complexity index is 422. The van der Waals surface area contributed by atoms with Gasteiger partial charge in [0, 0.05) is 28.3 Å². The molecule has 0 aliphatic carbocycles. The lowest BCUT2D eigenvalue weighted by Gasteiger charge is -2.24. The highest BCUT2D eigenvalue weighted by atomic mass is 35.5. The molecule has 2 rings (SSSR count). The van der Waals surface area contributed by atoms with E-state index >= 15 is 0 Å². The van der Waals surface area contributed by atoms with E-state index in [2.05, 4.69) is 5.32 Å². The minimum Gasteiger partial charge on any atom is -0.380 e. The van der Waals surface area contributed by atoms with Crippen molar-refractivity contribution in [2.75, 3.05) is 16.8 Å². The molecule has 0 aromatic heterocycles. The summed E-state index contributed by atoms with van der Waals surface area (Å²) in [4.78, 5) is 0. The highest BCUT2D eigenvalue weighted by Crippen LogP contribution is 2.32. The Balaban J connectivity index is 2.11. The van der Waals surface area contributed by atoms with Crippen LogP contribution in [-0.4, -0.2) is 21.8 Å². The highest BCUT2D eigenvalue weighted by Gasteiger charge is 2.19. The molecule has 0 atom stereocenters. The first-order valence-electron chi connectivity index (χ1n) is 5.32. The van der Waals surface area contributed by atoms with Gasteiger partial charge >= 0.3 is 0 Å². The zero-order valence-electron chi connectivity index (χ0n) is 9.01. The summed E-state index contributed by atoms with van der Waals surface area (Å²) in [5.74, 6) is 0.928. The molecule has 94 valence electrons. The summed E-state index contributed by atoms with van der Waals surface area (Å²) < 4.78 is 24.2. The molecule has 0 bridgehead atoms. The van der Waals surface area contributed by atoms with Crippen LogP contribution in [0.3, 0.4) is 0 Å². The predicted molar refractivity (Wildman–Crippen MR) is 70.9 cm³/mol. The second-order valence-corrected chi connectivity index (χ2v) is 6.52. The van der Waals surface area contributed by atoms with E-state index in [9.17, 15) is 8.60 Å². The number of anilines is 1. The van der Waals surface area contributed by atoms with Gasteiger partial charge < -0.3 is 5.32 Å². The van der Waals surface area contributed by atoms with Gasteiger partial charge in [-0.1, -0.05) is 23.2 Å². The van der Waals surface area contributed by atoms with Gasteiger partial charge in [-0.05, 0) is 25.0 Å². The molecule has 1 aliphatic heterocycles. The van der Waals surface area contributed by atoms with Crippen LogP contribution in [0, 0.1) is 5.82 Å². The highest BCUT2D eigenvalue weighted by molar-refractivity contribution is 7.85. The summed E-state index contributed by atoms with van der Waals surface area (Å²) in [6.07, 6.45) is 1.63. The maximum Gasteiger partial charge on any atom is 0.126 e. The van der Waals surface area contributed by atoms with Crippen LogP contribution < -0.4 is 5.32 Å². The van der Waals surface area contributed by atoms with Crippen molar-refractivity contribution < 1.29 is 8.60 Å². The molecule has 1 aromatic rings. The molecule has 17 heavy (non-hydrogen) atoms. The fourth-order valence-corrected chi connectivity index (χ4v) is 3.69. The SMILES string of the molecule is O=S1CCC(Nc2c(Cl)cc(F)cc2Cl)CC1. The molecule has 0 spiro atoms. The second kappa shape index (κ2) is 5.55. The molecule has 6 heteroatoms. The van der Waals surface area contributed by atoms with Gasteiger partial charge in [-0.3, -0.25) is 4.21 Å². The van der Waals surface area contributed by atoms with Crippen LogP contribution in [0.4, 0.5) is 10.1 Å². The summed E-state index contributed by atoms with van der Waals surface area (Å²) >= 11 is 11.9. The molecule has 1 aliphatic rings. The first-order chi connectivity index (χ1) is 8.06. The fraction of sp³-hybridized carbons (Fsp3) is 0.455. The van der Waals surface area contributed by atoms with Crippen molar-refractivity contribution >= 4 is 39.7 Å². The maximum atomic E-state index is 13.0. The van der Waals surface area contributed by atoms with Crippen LogP contribution in [0.2, 0.25) is 10.0 Å². The van der Waals surface area contributed by atoms with Crippen molar-refractivity contribution in [2.24, 2.45) is 0 Å². The zero-order valence-corrected chi connectivity index (χ0v) is 11.3. The van der Waals surface area contributed by atoms with E-state index in [0.29, 0.717) is 17.2 Å². The summed E-state index contributed by atoms with van der Waals surface area (Å²) in [5.41, 5.74) is 0.562. The van der Waals surface area contributed by atoms with E-state index in [1.807, 2.05) is 0 Å². The normalized spacial score (nSPS) is 24.6. The lowest BCUT2D eigenvalue weighted by atomic mass is 10.1. The van der Waals surface area contributed by atoms with Crippen LogP contribution >= 0.6 is 23.2 Å². The number of halogens is 3. The second-order valence-electron chi connectivity index (χ2n) is 4.01. The van der Waals surface area contributed by atoms with Crippen molar-refractivity contribution in [3.63, 3.8) is 0 Å². The van der Waals surface area contributed by atoms with Crippen molar-refractivity contribution in [1.82, 2.24) is 0 Å². The molecule has 2 nitrogen and oxygen atoms in total. The summed E-state index contributed by atoms with van der Waals surface area (Å²) in [6.45, 7) is 0. The molecule has 1 heterocycles. The van der Waals surface area contributed by atoms with E-state index < -0.39 is 16.6 Å². The molecule has 1 N–H and O–H groups in total. The third-order valence-electron chi connectivity index (χ3n) is 2.74. The van der Waals surface area contributed by atoms with Gasteiger partial charge in [0.2, 0.25) is 0 Å². The number of benzene rings is 1. The fourth-order valence-electron chi connectivity index (χ4n) is 1.82. The van der Waals surface area contributed by atoms with Crippen LogP contribution in [0.5, 0.6) is 0 Å². The lowest BCUT2D eigenvalue weighted by Crippen LogP contribution is -2.29. The third-order valence-corrected chi connectivity index (χ3v) is 4.72.